The van der Waals surface area contributed by atoms with E-state index in [-0.39, 0.29) is 24.3 Å². The molecule has 0 bridgehead atoms. The first-order chi connectivity index (χ1) is 6.54. The minimum Gasteiger partial charge on any atom is -0.324 e. The number of benzene rings is 1. The van der Waals surface area contributed by atoms with Crippen molar-refractivity contribution in [3.05, 3.63) is 34.1 Å². The van der Waals surface area contributed by atoms with E-state index >= 15 is 0 Å². The lowest BCUT2D eigenvalue weighted by molar-refractivity contribution is 0.454. The van der Waals surface area contributed by atoms with Crippen LogP contribution in [0.4, 0.5) is 4.39 Å². The van der Waals surface area contributed by atoms with Gasteiger partial charge in [0.2, 0.25) is 0 Å². The van der Waals surface area contributed by atoms with Crippen molar-refractivity contribution in [1.82, 2.24) is 0 Å². The fourth-order valence-electron chi connectivity index (χ4n) is 1.35. The van der Waals surface area contributed by atoms with Crippen molar-refractivity contribution in [1.29, 1.82) is 0 Å². The summed E-state index contributed by atoms with van der Waals surface area (Å²) in [6.07, 6.45) is 0.995. The Morgan fingerprint density at radius 2 is 2.00 bits per heavy atom. The summed E-state index contributed by atoms with van der Waals surface area (Å²) >= 11 is 3.26. The van der Waals surface area contributed by atoms with Gasteiger partial charge in [0.1, 0.15) is 5.82 Å². The fraction of sp³-hybridized carbons (Fsp3) is 0.455. The first-order valence-electron chi connectivity index (χ1n) is 4.76. The Kier molecular flexibility index (Phi) is 6.41. The largest absolute Gasteiger partial charge is 0.324 e. The van der Waals surface area contributed by atoms with E-state index in [9.17, 15) is 4.39 Å². The van der Waals surface area contributed by atoms with Crippen LogP contribution >= 0.6 is 28.3 Å². The monoisotopic (exact) mass is 295 g/mol. The summed E-state index contributed by atoms with van der Waals surface area (Å²) in [5, 5.41) is 0. The highest BCUT2D eigenvalue weighted by molar-refractivity contribution is 9.10. The second-order valence-electron chi connectivity index (χ2n) is 3.61. The zero-order valence-corrected chi connectivity index (χ0v) is 11.2. The fourth-order valence-corrected chi connectivity index (χ4v) is 1.83. The van der Waals surface area contributed by atoms with Crippen molar-refractivity contribution in [3.8, 4) is 0 Å². The van der Waals surface area contributed by atoms with Crippen LogP contribution in [-0.2, 0) is 0 Å². The van der Waals surface area contributed by atoms with Gasteiger partial charge in [0.25, 0.3) is 0 Å². The Morgan fingerprint density at radius 1 is 1.40 bits per heavy atom. The minimum absolute atomic E-state index is 0. The molecule has 1 nitrogen and oxygen atoms in total. The van der Waals surface area contributed by atoms with Crippen LogP contribution in [0.3, 0.4) is 0 Å². The molecule has 4 heteroatoms. The van der Waals surface area contributed by atoms with E-state index in [0.717, 1.165) is 16.5 Å². The van der Waals surface area contributed by atoms with E-state index in [1.54, 1.807) is 0 Å². The predicted molar refractivity (Wildman–Crippen MR) is 67.7 cm³/mol. The molecule has 2 atom stereocenters. The topological polar surface area (TPSA) is 26.0 Å². The maximum absolute atomic E-state index is 13.1. The van der Waals surface area contributed by atoms with Gasteiger partial charge in [-0.1, -0.05) is 36.2 Å². The maximum Gasteiger partial charge on any atom is 0.124 e. The Balaban J connectivity index is 0.00000196. The summed E-state index contributed by atoms with van der Waals surface area (Å²) in [6, 6.07) is 4.72. The van der Waals surface area contributed by atoms with Crippen LogP contribution in [0.25, 0.3) is 0 Å². The molecule has 86 valence electrons. The Hall–Kier alpha value is -0.120. The Bertz CT molecular complexity index is 299. The van der Waals surface area contributed by atoms with Crippen LogP contribution in [0.2, 0.25) is 0 Å². The highest BCUT2D eigenvalue weighted by Crippen LogP contribution is 2.25. The van der Waals surface area contributed by atoms with E-state index in [2.05, 4.69) is 29.8 Å². The normalized spacial score (nSPS) is 14.2. The van der Waals surface area contributed by atoms with Gasteiger partial charge < -0.3 is 5.73 Å². The molecule has 0 saturated carbocycles. The number of hydrogen-bond acceptors (Lipinski definition) is 1. The smallest absolute Gasteiger partial charge is 0.124 e. The van der Waals surface area contributed by atoms with Gasteiger partial charge in [-0.25, -0.2) is 4.39 Å². The molecular weight excluding hydrogens is 280 g/mol. The van der Waals surface area contributed by atoms with Gasteiger partial charge in [-0.15, -0.1) is 12.4 Å². The number of hydrogen-bond donors (Lipinski definition) is 1. The van der Waals surface area contributed by atoms with Crippen molar-refractivity contribution in [2.45, 2.75) is 26.3 Å². The average molecular weight is 297 g/mol. The Morgan fingerprint density at radius 3 is 2.47 bits per heavy atom. The molecule has 0 fully saturated rings. The molecule has 0 amide bonds. The van der Waals surface area contributed by atoms with E-state index in [1.807, 2.05) is 6.07 Å². The average Bonchev–Trinajstić information content (AvgIpc) is 2.14. The number of nitrogens with two attached hydrogens (primary N) is 1. The highest BCUT2D eigenvalue weighted by atomic mass is 79.9. The molecule has 0 spiro atoms. The molecule has 15 heavy (non-hydrogen) atoms. The molecule has 1 aromatic carbocycles. The van der Waals surface area contributed by atoms with Crippen LogP contribution in [-0.4, -0.2) is 0 Å². The van der Waals surface area contributed by atoms with Gasteiger partial charge in [-0.2, -0.15) is 0 Å². The van der Waals surface area contributed by atoms with Crippen molar-refractivity contribution in [3.63, 3.8) is 0 Å². The second kappa shape index (κ2) is 6.46. The van der Waals surface area contributed by atoms with Crippen LogP contribution in [0, 0.1) is 11.7 Å². The third-order valence-electron chi connectivity index (χ3n) is 2.53. The summed E-state index contributed by atoms with van der Waals surface area (Å²) in [5.74, 6) is 0.122. The van der Waals surface area contributed by atoms with Gasteiger partial charge in [0.15, 0.2) is 0 Å². The highest BCUT2D eigenvalue weighted by Gasteiger charge is 2.14. The number of halogens is 3. The molecule has 0 aromatic heterocycles. The number of rotatable bonds is 3. The van der Waals surface area contributed by atoms with E-state index in [1.165, 1.54) is 12.1 Å². The SMILES string of the molecule is CCC(C)[C@@H](N)c1cc(F)cc(Br)c1.Cl. The summed E-state index contributed by atoms with van der Waals surface area (Å²) in [6.45, 7) is 4.16. The molecule has 1 aromatic rings. The first-order valence-corrected chi connectivity index (χ1v) is 5.55. The quantitative estimate of drug-likeness (QED) is 0.894. The van der Waals surface area contributed by atoms with E-state index in [0.29, 0.717) is 5.92 Å². The second-order valence-corrected chi connectivity index (χ2v) is 4.53. The zero-order chi connectivity index (χ0) is 10.7. The van der Waals surface area contributed by atoms with Crippen molar-refractivity contribution in [2.24, 2.45) is 11.7 Å². The van der Waals surface area contributed by atoms with E-state index < -0.39 is 0 Å². The molecule has 1 rings (SSSR count). The van der Waals surface area contributed by atoms with Gasteiger partial charge in [-0.05, 0) is 29.7 Å². The molecule has 0 heterocycles. The van der Waals surface area contributed by atoms with Crippen LogP contribution in [0.15, 0.2) is 22.7 Å². The van der Waals surface area contributed by atoms with Gasteiger partial charge >= 0.3 is 0 Å². The maximum atomic E-state index is 13.1. The third kappa shape index (κ3) is 4.09. The predicted octanol–water partition coefficient (Wildman–Crippen LogP) is 4.06. The lowest BCUT2D eigenvalue weighted by atomic mass is 9.93. The first kappa shape index (κ1) is 14.9. The standard InChI is InChI=1S/C11H15BrFN.ClH/c1-3-7(2)11(14)8-4-9(12)6-10(13)5-8;/h4-7,11H,3,14H2,1-2H3;1H/t7?,11-;/m1./s1. The summed E-state index contributed by atoms with van der Waals surface area (Å²) in [7, 11) is 0. The summed E-state index contributed by atoms with van der Waals surface area (Å²) in [4.78, 5) is 0. The summed E-state index contributed by atoms with van der Waals surface area (Å²) in [5.41, 5.74) is 6.85. The molecule has 0 aliphatic heterocycles. The van der Waals surface area contributed by atoms with Gasteiger partial charge in [0.05, 0.1) is 0 Å². The van der Waals surface area contributed by atoms with Crippen LogP contribution in [0.5, 0.6) is 0 Å². The molecule has 0 aliphatic rings. The van der Waals surface area contributed by atoms with Crippen LogP contribution < -0.4 is 5.73 Å². The van der Waals surface area contributed by atoms with Crippen molar-refractivity contribution < 1.29 is 4.39 Å². The molecule has 0 saturated heterocycles. The van der Waals surface area contributed by atoms with Gasteiger partial charge in [-0.3, -0.25) is 0 Å². The molecule has 1 unspecified atom stereocenters. The minimum atomic E-state index is -0.242. The molecular formula is C11H16BrClFN. The molecule has 0 radical (unpaired) electrons. The lowest BCUT2D eigenvalue weighted by Crippen LogP contribution is -2.18. The van der Waals surface area contributed by atoms with Crippen molar-refractivity contribution >= 4 is 28.3 Å². The zero-order valence-electron chi connectivity index (χ0n) is 8.84. The van der Waals surface area contributed by atoms with Crippen molar-refractivity contribution in [2.75, 3.05) is 0 Å². The summed E-state index contributed by atoms with van der Waals surface area (Å²) < 4.78 is 13.8. The molecule has 0 aliphatic carbocycles. The van der Waals surface area contributed by atoms with Gasteiger partial charge in [0, 0.05) is 10.5 Å². The molecule has 2 N–H and O–H groups in total. The third-order valence-corrected chi connectivity index (χ3v) is 2.98. The Labute approximate surface area is 105 Å². The van der Waals surface area contributed by atoms with Crippen LogP contribution in [0.1, 0.15) is 31.9 Å². The lowest BCUT2D eigenvalue weighted by Gasteiger charge is -2.18. The van der Waals surface area contributed by atoms with E-state index in [4.69, 9.17) is 5.73 Å².